The quantitative estimate of drug-likeness (QED) is 0.680. The van der Waals surface area contributed by atoms with Gasteiger partial charge in [-0.15, -0.1) is 0 Å². The van der Waals surface area contributed by atoms with Gasteiger partial charge in [0.1, 0.15) is 0 Å². The molecular weight excluding hydrogens is 341 g/mol. The Morgan fingerprint density at radius 1 is 0.654 bits per heavy atom. The zero-order valence-electron chi connectivity index (χ0n) is 13.6. The molecule has 1 unspecified atom stereocenters. The minimum Gasteiger partial charge on any atom is -0.373 e. The van der Waals surface area contributed by atoms with Gasteiger partial charge in [0.05, 0.1) is 5.56 Å². The van der Waals surface area contributed by atoms with Crippen LogP contribution in [0.3, 0.4) is 0 Å². The van der Waals surface area contributed by atoms with Gasteiger partial charge in [-0.3, -0.25) is 4.79 Å². The Morgan fingerprint density at radius 2 is 1.08 bits per heavy atom. The van der Waals surface area contributed by atoms with Crippen LogP contribution in [0.1, 0.15) is 27.0 Å². The fourth-order valence-corrected chi connectivity index (χ4v) is 2.81. The third-order valence-electron chi connectivity index (χ3n) is 4.19. The fraction of sp³-hybridized carbons (Fsp3) is 0.0952. The van der Waals surface area contributed by atoms with Gasteiger partial charge in [0.25, 0.3) is 0 Å². The van der Waals surface area contributed by atoms with Crippen molar-refractivity contribution in [2.24, 2.45) is 0 Å². The Balaban J connectivity index is 2.14. The predicted molar refractivity (Wildman–Crippen MR) is 91.7 cm³/mol. The van der Waals surface area contributed by atoms with Gasteiger partial charge in [-0.2, -0.15) is 13.2 Å². The van der Waals surface area contributed by atoms with Crippen molar-refractivity contribution >= 4 is 5.78 Å². The maximum atomic E-state index is 13.1. The van der Waals surface area contributed by atoms with Crippen molar-refractivity contribution in [1.29, 1.82) is 0 Å². The molecule has 26 heavy (non-hydrogen) atoms. The van der Waals surface area contributed by atoms with Gasteiger partial charge in [-0.1, -0.05) is 72.8 Å². The number of carbonyl (C=O) groups excluding carboxylic acids is 1. The molecule has 0 heterocycles. The number of ketones is 1. The van der Waals surface area contributed by atoms with Crippen LogP contribution in [0.5, 0.6) is 0 Å². The number of alkyl halides is 3. The lowest BCUT2D eigenvalue weighted by atomic mass is 9.80. The van der Waals surface area contributed by atoms with Crippen molar-refractivity contribution < 1.29 is 23.1 Å². The van der Waals surface area contributed by atoms with Crippen LogP contribution >= 0.6 is 0 Å². The lowest BCUT2D eigenvalue weighted by Gasteiger charge is -2.28. The first-order chi connectivity index (χ1) is 12.3. The van der Waals surface area contributed by atoms with Crippen molar-refractivity contribution in [3.05, 3.63) is 107 Å². The van der Waals surface area contributed by atoms with E-state index in [0.717, 1.165) is 24.3 Å². The Morgan fingerprint density at radius 3 is 1.58 bits per heavy atom. The predicted octanol–water partition coefficient (Wildman–Crippen LogP) is 4.82. The van der Waals surface area contributed by atoms with Crippen LogP contribution in [0.4, 0.5) is 13.2 Å². The molecule has 5 heteroatoms. The van der Waals surface area contributed by atoms with E-state index in [4.69, 9.17) is 0 Å². The average Bonchev–Trinajstić information content (AvgIpc) is 2.67. The molecule has 0 aliphatic rings. The zero-order valence-corrected chi connectivity index (χ0v) is 13.6. The molecule has 0 aliphatic carbocycles. The molecule has 0 aliphatic heterocycles. The first kappa shape index (κ1) is 17.9. The summed E-state index contributed by atoms with van der Waals surface area (Å²) in [6.45, 7) is 0. The molecule has 0 spiro atoms. The summed E-state index contributed by atoms with van der Waals surface area (Å²) in [5, 5.41) is 11.3. The number of rotatable bonds is 4. The highest BCUT2D eigenvalue weighted by Crippen LogP contribution is 2.36. The van der Waals surface area contributed by atoms with E-state index < -0.39 is 23.1 Å². The summed E-state index contributed by atoms with van der Waals surface area (Å²) < 4.78 is 38.5. The van der Waals surface area contributed by atoms with E-state index in [1.54, 1.807) is 60.7 Å². The average molecular weight is 356 g/mol. The van der Waals surface area contributed by atoms with E-state index in [1.165, 1.54) is 0 Å². The van der Waals surface area contributed by atoms with Crippen molar-refractivity contribution in [3.8, 4) is 0 Å². The van der Waals surface area contributed by atoms with E-state index in [-0.39, 0.29) is 16.7 Å². The topological polar surface area (TPSA) is 37.3 Å². The summed E-state index contributed by atoms with van der Waals surface area (Å²) in [7, 11) is 0. The minimum absolute atomic E-state index is 0.0746. The van der Waals surface area contributed by atoms with E-state index in [2.05, 4.69) is 0 Å². The number of aliphatic hydroxyl groups is 1. The molecule has 1 N–H and O–H groups in total. The van der Waals surface area contributed by atoms with Crippen LogP contribution in [0.15, 0.2) is 84.9 Å². The van der Waals surface area contributed by atoms with Gasteiger partial charge in [0.15, 0.2) is 5.60 Å². The van der Waals surface area contributed by atoms with Crippen LogP contribution in [0.2, 0.25) is 0 Å². The third kappa shape index (κ3) is 3.26. The van der Waals surface area contributed by atoms with Crippen molar-refractivity contribution in [2.45, 2.75) is 11.8 Å². The second kappa shape index (κ2) is 6.77. The maximum Gasteiger partial charge on any atom is 0.416 e. The summed E-state index contributed by atoms with van der Waals surface area (Å²) >= 11 is 0. The van der Waals surface area contributed by atoms with Crippen LogP contribution in [-0.2, 0) is 11.8 Å². The van der Waals surface area contributed by atoms with Crippen LogP contribution in [0.25, 0.3) is 0 Å². The van der Waals surface area contributed by atoms with Crippen LogP contribution in [0, 0.1) is 0 Å². The van der Waals surface area contributed by atoms with Gasteiger partial charge in [-0.05, 0) is 23.3 Å². The van der Waals surface area contributed by atoms with E-state index in [9.17, 15) is 23.1 Å². The monoisotopic (exact) mass is 356 g/mol. The fourth-order valence-electron chi connectivity index (χ4n) is 2.81. The zero-order chi connectivity index (χ0) is 18.8. The largest absolute Gasteiger partial charge is 0.416 e. The molecule has 132 valence electrons. The molecule has 3 aromatic rings. The van der Waals surface area contributed by atoms with Crippen LogP contribution < -0.4 is 0 Å². The Labute approximate surface area is 148 Å². The number of carbonyl (C=O) groups is 1. The first-order valence-corrected chi connectivity index (χ1v) is 7.89. The molecule has 1 atom stereocenters. The molecule has 0 saturated heterocycles. The van der Waals surface area contributed by atoms with Gasteiger partial charge < -0.3 is 5.11 Å². The smallest absolute Gasteiger partial charge is 0.373 e. The van der Waals surface area contributed by atoms with Gasteiger partial charge in [0.2, 0.25) is 5.78 Å². The number of Topliss-reactive ketones (excluding diaryl/α,β-unsaturated/α-hetero) is 1. The van der Waals surface area contributed by atoms with E-state index in [1.807, 2.05) is 0 Å². The highest BCUT2D eigenvalue weighted by Gasteiger charge is 2.41. The Hall–Kier alpha value is -2.92. The van der Waals surface area contributed by atoms with Gasteiger partial charge >= 0.3 is 6.18 Å². The summed E-state index contributed by atoms with van der Waals surface area (Å²) in [5.41, 5.74) is -2.31. The van der Waals surface area contributed by atoms with Gasteiger partial charge in [-0.25, -0.2) is 0 Å². The molecule has 3 rings (SSSR count). The highest BCUT2D eigenvalue weighted by molar-refractivity contribution is 6.05. The molecule has 0 amide bonds. The normalized spacial score (nSPS) is 13.8. The lowest BCUT2D eigenvalue weighted by Crippen LogP contribution is -2.37. The number of halogens is 3. The van der Waals surface area contributed by atoms with Crippen molar-refractivity contribution in [2.75, 3.05) is 0 Å². The second-order valence-corrected chi connectivity index (χ2v) is 5.85. The third-order valence-corrected chi connectivity index (χ3v) is 4.19. The Kier molecular flexibility index (Phi) is 4.66. The van der Waals surface area contributed by atoms with E-state index >= 15 is 0 Å². The van der Waals surface area contributed by atoms with Gasteiger partial charge in [0, 0.05) is 5.56 Å². The van der Waals surface area contributed by atoms with E-state index in [0.29, 0.717) is 0 Å². The summed E-state index contributed by atoms with van der Waals surface area (Å²) in [6, 6.07) is 20.3. The summed E-state index contributed by atoms with van der Waals surface area (Å²) in [5.74, 6) is -0.607. The molecular formula is C21H15F3O2. The van der Waals surface area contributed by atoms with Crippen molar-refractivity contribution in [1.82, 2.24) is 0 Å². The highest BCUT2D eigenvalue weighted by atomic mass is 19.4. The maximum absolute atomic E-state index is 13.1. The standard InChI is InChI=1S/C21H15F3O2/c22-21(23,24)18-13-11-17(12-14-18)20(26,16-9-5-2-6-10-16)19(25)15-7-3-1-4-8-15/h1-14,26H. The lowest BCUT2D eigenvalue weighted by molar-refractivity contribution is -0.137. The first-order valence-electron chi connectivity index (χ1n) is 7.89. The number of hydrogen-bond acceptors (Lipinski definition) is 2. The summed E-state index contributed by atoms with van der Waals surface area (Å²) in [6.07, 6.45) is -4.49. The Bertz CT molecular complexity index is 888. The van der Waals surface area contributed by atoms with Crippen LogP contribution in [-0.4, -0.2) is 10.9 Å². The molecule has 0 aromatic heterocycles. The molecule has 0 fully saturated rings. The number of hydrogen-bond donors (Lipinski definition) is 1. The molecule has 0 radical (unpaired) electrons. The molecule has 0 bridgehead atoms. The minimum atomic E-state index is -4.49. The van der Waals surface area contributed by atoms with Crippen molar-refractivity contribution in [3.63, 3.8) is 0 Å². The molecule has 2 nitrogen and oxygen atoms in total. The second-order valence-electron chi connectivity index (χ2n) is 5.85. The molecule has 3 aromatic carbocycles. The summed E-state index contributed by atoms with van der Waals surface area (Å²) in [4.78, 5) is 13.1. The molecule has 0 saturated carbocycles. The number of benzene rings is 3. The SMILES string of the molecule is O=C(c1ccccc1)C(O)(c1ccccc1)c1ccc(C(F)(F)F)cc1.